The van der Waals surface area contributed by atoms with Gasteiger partial charge in [0.1, 0.15) is 0 Å². The van der Waals surface area contributed by atoms with Crippen molar-refractivity contribution in [1.29, 1.82) is 0 Å². The highest BCUT2D eigenvalue weighted by Gasteiger charge is 2.24. The summed E-state index contributed by atoms with van der Waals surface area (Å²) in [6.45, 7) is 1.82. The van der Waals surface area contributed by atoms with Crippen LogP contribution in [0.3, 0.4) is 0 Å². The van der Waals surface area contributed by atoms with Gasteiger partial charge in [-0.2, -0.15) is 0 Å². The minimum Gasteiger partial charge on any atom is -0.353 e. The molecule has 1 aromatic heterocycles. The molecule has 2 N–H and O–H groups in total. The number of pyridine rings is 1. The van der Waals surface area contributed by atoms with Crippen LogP contribution in [0, 0.1) is 0 Å². The van der Waals surface area contributed by atoms with E-state index in [9.17, 15) is 9.59 Å². The summed E-state index contributed by atoms with van der Waals surface area (Å²) in [6.07, 6.45) is 7.50. The summed E-state index contributed by atoms with van der Waals surface area (Å²) < 4.78 is 0. The molecule has 6 nitrogen and oxygen atoms in total. The van der Waals surface area contributed by atoms with Crippen LogP contribution in [0.1, 0.15) is 36.0 Å². The van der Waals surface area contributed by atoms with Crippen LogP contribution < -0.4 is 10.6 Å². The summed E-state index contributed by atoms with van der Waals surface area (Å²) >= 11 is 0. The van der Waals surface area contributed by atoms with E-state index < -0.39 is 0 Å². The zero-order valence-corrected chi connectivity index (χ0v) is 13.0. The van der Waals surface area contributed by atoms with E-state index in [1.165, 1.54) is 12.6 Å². The average molecular weight is 304 g/mol. The first-order valence-electron chi connectivity index (χ1n) is 7.84. The van der Waals surface area contributed by atoms with Gasteiger partial charge in [0, 0.05) is 25.5 Å². The van der Waals surface area contributed by atoms with Crippen LogP contribution in [0.4, 0.5) is 0 Å². The normalized spacial score (nSPS) is 19.2. The molecule has 1 fully saturated rings. The third-order valence-corrected chi connectivity index (χ3v) is 3.96. The number of hydrogen-bond acceptors (Lipinski definition) is 4. The van der Waals surface area contributed by atoms with Crippen LogP contribution in [-0.2, 0) is 4.79 Å². The highest BCUT2D eigenvalue weighted by Crippen LogP contribution is 2.14. The first-order valence-corrected chi connectivity index (χ1v) is 7.84. The summed E-state index contributed by atoms with van der Waals surface area (Å²) in [5, 5.41) is 5.68. The second-order valence-electron chi connectivity index (χ2n) is 5.63. The number of likely N-dealkylation sites (tertiary alicyclic amines) is 1. The van der Waals surface area contributed by atoms with Crippen LogP contribution >= 0.6 is 0 Å². The molecule has 2 heterocycles. The van der Waals surface area contributed by atoms with Crippen molar-refractivity contribution in [2.45, 2.75) is 31.7 Å². The van der Waals surface area contributed by atoms with Crippen molar-refractivity contribution in [3.05, 3.63) is 30.1 Å². The molecule has 0 spiro atoms. The Balaban J connectivity index is 1.69. The van der Waals surface area contributed by atoms with E-state index in [1.807, 2.05) is 7.05 Å². The summed E-state index contributed by atoms with van der Waals surface area (Å²) in [4.78, 5) is 30.0. The molecule has 1 atom stereocenters. The van der Waals surface area contributed by atoms with E-state index in [4.69, 9.17) is 0 Å². The molecule has 2 amide bonds. The van der Waals surface area contributed by atoms with Crippen molar-refractivity contribution < 1.29 is 9.59 Å². The van der Waals surface area contributed by atoms with Crippen molar-refractivity contribution in [3.63, 3.8) is 0 Å². The van der Waals surface area contributed by atoms with Crippen LogP contribution in [0.2, 0.25) is 0 Å². The third kappa shape index (κ3) is 4.80. The Bertz CT molecular complexity index is 492. The van der Waals surface area contributed by atoms with E-state index in [2.05, 4.69) is 20.5 Å². The van der Waals surface area contributed by atoms with Crippen LogP contribution in [0.15, 0.2) is 24.5 Å². The minimum atomic E-state index is -0.172. The summed E-state index contributed by atoms with van der Waals surface area (Å²) in [7, 11) is 2.00. The van der Waals surface area contributed by atoms with Crippen molar-refractivity contribution in [2.24, 2.45) is 0 Å². The van der Waals surface area contributed by atoms with Gasteiger partial charge < -0.3 is 10.6 Å². The molecule has 6 heteroatoms. The van der Waals surface area contributed by atoms with Gasteiger partial charge in [0.15, 0.2) is 0 Å². The molecule has 0 unspecified atom stereocenters. The number of carbonyl (C=O) groups is 2. The fourth-order valence-corrected chi connectivity index (χ4v) is 2.66. The van der Waals surface area contributed by atoms with Crippen LogP contribution in [0.25, 0.3) is 0 Å². The van der Waals surface area contributed by atoms with Gasteiger partial charge in [-0.15, -0.1) is 0 Å². The molecule has 22 heavy (non-hydrogen) atoms. The molecule has 2 rings (SSSR count). The summed E-state index contributed by atoms with van der Waals surface area (Å²) in [5.74, 6) is -0.117. The zero-order chi connectivity index (χ0) is 15.8. The van der Waals surface area contributed by atoms with E-state index in [1.54, 1.807) is 18.3 Å². The molecule has 0 radical (unpaired) electrons. The Hall–Kier alpha value is -1.95. The van der Waals surface area contributed by atoms with E-state index >= 15 is 0 Å². The Kier molecular flexibility index (Phi) is 6.33. The first kappa shape index (κ1) is 16.4. The fraction of sp³-hybridized carbons (Fsp3) is 0.562. The quantitative estimate of drug-likeness (QED) is 0.789. The molecule has 0 aromatic carbocycles. The van der Waals surface area contributed by atoms with Crippen molar-refractivity contribution in [1.82, 2.24) is 20.5 Å². The van der Waals surface area contributed by atoms with E-state index in [0.29, 0.717) is 18.7 Å². The van der Waals surface area contributed by atoms with Gasteiger partial charge in [-0.1, -0.05) is 12.8 Å². The number of rotatable bonds is 5. The lowest BCUT2D eigenvalue weighted by Crippen LogP contribution is -2.46. The van der Waals surface area contributed by atoms with Crippen molar-refractivity contribution in [3.8, 4) is 0 Å². The second-order valence-corrected chi connectivity index (χ2v) is 5.63. The van der Waals surface area contributed by atoms with Gasteiger partial charge in [0.25, 0.3) is 5.91 Å². The standard InChI is InChI=1S/C16H24N4O2/c1-20-11-4-2-3-7-14(20)16(22)19-10-9-18-15(21)13-6-5-8-17-12-13/h5-6,8,12,14H,2-4,7,9-11H2,1H3,(H,18,21)(H,19,22)/t14-/m0/s1. The molecule has 1 saturated heterocycles. The number of amides is 2. The SMILES string of the molecule is CN1CCCCC[C@H]1C(=O)NCCNC(=O)c1cccnc1. The van der Waals surface area contributed by atoms with Crippen LogP contribution in [-0.4, -0.2) is 54.4 Å². The number of nitrogens with one attached hydrogen (secondary N) is 2. The molecule has 120 valence electrons. The third-order valence-electron chi connectivity index (χ3n) is 3.96. The Morgan fingerprint density at radius 1 is 1.27 bits per heavy atom. The molecule has 1 aliphatic heterocycles. The van der Waals surface area contributed by atoms with Gasteiger partial charge >= 0.3 is 0 Å². The average Bonchev–Trinajstić information content (AvgIpc) is 2.76. The Morgan fingerprint density at radius 2 is 2.09 bits per heavy atom. The summed E-state index contributed by atoms with van der Waals surface area (Å²) in [6, 6.07) is 3.39. The molecular formula is C16H24N4O2. The largest absolute Gasteiger partial charge is 0.353 e. The highest BCUT2D eigenvalue weighted by atomic mass is 16.2. The van der Waals surface area contributed by atoms with Crippen molar-refractivity contribution in [2.75, 3.05) is 26.7 Å². The number of aromatic nitrogens is 1. The maximum absolute atomic E-state index is 12.2. The van der Waals surface area contributed by atoms with Gasteiger partial charge in [-0.3, -0.25) is 19.5 Å². The first-order chi connectivity index (χ1) is 10.7. The number of hydrogen-bond donors (Lipinski definition) is 2. The molecule has 0 aliphatic carbocycles. The predicted molar refractivity (Wildman–Crippen MR) is 84.5 cm³/mol. The maximum Gasteiger partial charge on any atom is 0.252 e. The monoisotopic (exact) mass is 304 g/mol. The van der Waals surface area contributed by atoms with Gasteiger partial charge in [0.05, 0.1) is 11.6 Å². The number of likely N-dealkylation sites (N-methyl/N-ethyl adjacent to an activating group) is 1. The molecule has 1 aliphatic rings. The Morgan fingerprint density at radius 3 is 2.86 bits per heavy atom. The summed E-state index contributed by atoms with van der Waals surface area (Å²) in [5.41, 5.74) is 0.525. The lowest BCUT2D eigenvalue weighted by Gasteiger charge is -2.24. The fourth-order valence-electron chi connectivity index (χ4n) is 2.66. The zero-order valence-electron chi connectivity index (χ0n) is 13.0. The molecule has 0 saturated carbocycles. The van der Waals surface area contributed by atoms with E-state index in [-0.39, 0.29) is 17.9 Å². The molecule has 1 aromatic rings. The lowest BCUT2D eigenvalue weighted by molar-refractivity contribution is -0.126. The van der Waals surface area contributed by atoms with Gasteiger partial charge in [-0.25, -0.2) is 0 Å². The minimum absolute atomic E-state index is 0.0449. The molecule has 0 bridgehead atoms. The lowest BCUT2D eigenvalue weighted by atomic mass is 10.1. The van der Waals surface area contributed by atoms with E-state index in [0.717, 1.165) is 25.8 Å². The number of nitrogens with zero attached hydrogens (tertiary/aromatic N) is 2. The maximum atomic E-state index is 12.2. The van der Waals surface area contributed by atoms with Gasteiger partial charge in [-0.05, 0) is 38.6 Å². The predicted octanol–water partition coefficient (Wildman–Crippen LogP) is 0.802. The van der Waals surface area contributed by atoms with Gasteiger partial charge in [0.2, 0.25) is 5.91 Å². The number of carbonyl (C=O) groups excluding carboxylic acids is 2. The Labute approximate surface area is 131 Å². The smallest absolute Gasteiger partial charge is 0.252 e. The molecular weight excluding hydrogens is 280 g/mol. The van der Waals surface area contributed by atoms with Crippen molar-refractivity contribution >= 4 is 11.8 Å². The highest BCUT2D eigenvalue weighted by molar-refractivity contribution is 5.93. The topological polar surface area (TPSA) is 74.3 Å². The second kappa shape index (κ2) is 8.48. The van der Waals surface area contributed by atoms with Crippen LogP contribution in [0.5, 0.6) is 0 Å².